The number of benzene rings is 2. The van der Waals surface area contributed by atoms with Crippen molar-refractivity contribution in [2.75, 3.05) is 11.9 Å². The molecule has 0 radical (unpaired) electrons. The Bertz CT molecular complexity index is 770. The van der Waals surface area contributed by atoms with Crippen molar-refractivity contribution in [3.8, 4) is 5.75 Å². The zero-order valence-electron chi connectivity index (χ0n) is 14.7. The van der Waals surface area contributed by atoms with Crippen LogP contribution in [-0.4, -0.2) is 24.3 Å². The lowest BCUT2D eigenvalue weighted by Gasteiger charge is -2.09. The second-order valence-corrected chi connectivity index (χ2v) is 5.54. The van der Waals surface area contributed by atoms with Gasteiger partial charge in [0.05, 0.1) is 6.61 Å². The molecule has 7 heteroatoms. The van der Waals surface area contributed by atoms with E-state index in [1.54, 1.807) is 48.5 Å². The van der Waals surface area contributed by atoms with E-state index in [4.69, 9.17) is 4.74 Å². The van der Waals surface area contributed by atoms with E-state index in [2.05, 4.69) is 16.2 Å². The van der Waals surface area contributed by atoms with Crippen LogP contribution in [-0.2, 0) is 4.79 Å². The summed E-state index contributed by atoms with van der Waals surface area (Å²) in [6.45, 7) is 4.03. The minimum absolute atomic E-state index is 0.194. The summed E-state index contributed by atoms with van der Waals surface area (Å²) in [6.07, 6.45) is 0.903. The molecule has 2 aromatic rings. The van der Waals surface area contributed by atoms with E-state index < -0.39 is 11.8 Å². The molecule has 2 aromatic carbocycles. The highest BCUT2D eigenvalue weighted by Gasteiger charge is 2.09. The molecule has 0 fully saturated rings. The zero-order valence-corrected chi connectivity index (χ0v) is 14.7. The van der Waals surface area contributed by atoms with E-state index in [0.29, 0.717) is 29.2 Å². The second kappa shape index (κ2) is 9.22. The van der Waals surface area contributed by atoms with Gasteiger partial charge in [-0.1, -0.05) is 6.92 Å². The highest BCUT2D eigenvalue weighted by atomic mass is 16.5. The van der Waals surface area contributed by atoms with Crippen LogP contribution in [0.5, 0.6) is 5.75 Å². The summed E-state index contributed by atoms with van der Waals surface area (Å²) in [5.74, 6) is -0.404. The topological polar surface area (TPSA) is 96.5 Å². The van der Waals surface area contributed by atoms with Gasteiger partial charge in [-0.2, -0.15) is 0 Å². The molecule has 0 aliphatic carbocycles. The predicted octanol–water partition coefficient (Wildman–Crippen LogP) is 2.51. The number of carbonyl (C=O) groups excluding carboxylic acids is 3. The fourth-order valence-electron chi connectivity index (χ4n) is 2.09. The SMILES string of the molecule is CCCOc1ccc(C(=O)NNC(=O)c2ccc(NC(C)=O)cc2)cc1. The molecule has 136 valence electrons. The van der Waals surface area contributed by atoms with Gasteiger partial charge in [-0.15, -0.1) is 0 Å². The van der Waals surface area contributed by atoms with Crippen LogP contribution in [0.25, 0.3) is 0 Å². The van der Waals surface area contributed by atoms with E-state index in [9.17, 15) is 14.4 Å². The summed E-state index contributed by atoms with van der Waals surface area (Å²) in [7, 11) is 0. The molecule has 0 spiro atoms. The Morgan fingerprint density at radius 1 is 0.846 bits per heavy atom. The first-order chi connectivity index (χ1) is 12.5. The van der Waals surface area contributed by atoms with Crippen LogP contribution in [0.4, 0.5) is 5.69 Å². The molecule has 0 bridgehead atoms. The Labute approximate surface area is 151 Å². The van der Waals surface area contributed by atoms with Crippen molar-refractivity contribution in [1.29, 1.82) is 0 Å². The Morgan fingerprint density at radius 2 is 1.35 bits per heavy atom. The van der Waals surface area contributed by atoms with Crippen LogP contribution in [0.1, 0.15) is 41.0 Å². The molecule has 26 heavy (non-hydrogen) atoms. The Balaban J connectivity index is 1.88. The van der Waals surface area contributed by atoms with Crippen molar-refractivity contribution in [2.24, 2.45) is 0 Å². The number of ether oxygens (including phenoxy) is 1. The first-order valence-corrected chi connectivity index (χ1v) is 8.21. The quantitative estimate of drug-likeness (QED) is 0.694. The Kier molecular flexibility index (Phi) is 6.73. The van der Waals surface area contributed by atoms with Gasteiger partial charge in [0.25, 0.3) is 11.8 Å². The standard InChI is InChI=1S/C19H21N3O4/c1-3-12-26-17-10-6-15(7-11-17)19(25)22-21-18(24)14-4-8-16(9-5-14)20-13(2)23/h4-11H,3,12H2,1-2H3,(H,20,23)(H,21,24)(H,22,25). The average molecular weight is 355 g/mol. The Hall–Kier alpha value is -3.35. The lowest BCUT2D eigenvalue weighted by Crippen LogP contribution is -2.41. The third-order valence-corrected chi connectivity index (χ3v) is 3.35. The van der Waals surface area contributed by atoms with E-state index in [0.717, 1.165) is 6.42 Å². The average Bonchev–Trinajstić information content (AvgIpc) is 2.64. The van der Waals surface area contributed by atoms with Crippen LogP contribution < -0.4 is 20.9 Å². The van der Waals surface area contributed by atoms with Gasteiger partial charge in [-0.05, 0) is 55.0 Å². The number of rotatable bonds is 6. The molecule has 0 saturated heterocycles. The van der Waals surface area contributed by atoms with Crippen LogP contribution in [0, 0.1) is 0 Å². The fraction of sp³-hybridized carbons (Fsp3) is 0.211. The van der Waals surface area contributed by atoms with Crippen molar-refractivity contribution in [2.45, 2.75) is 20.3 Å². The molecule has 2 rings (SSSR count). The van der Waals surface area contributed by atoms with E-state index in [1.807, 2.05) is 6.92 Å². The van der Waals surface area contributed by atoms with Crippen LogP contribution in [0.3, 0.4) is 0 Å². The lowest BCUT2D eigenvalue weighted by molar-refractivity contribution is -0.114. The largest absolute Gasteiger partial charge is 0.494 e. The fourth-order valence-corrected chi connectivity index (χ4v) is 2.09. The maximum absolute atomic E-state index is 12.1. The maximum Gasteiger partial charge on any atom is 0.269 e. The van der Waals surface area contributed by atoms with Crippen molar-refractivity contribution in [3.63, 3.8) is 0 Å². The van der Waals surface area contributed by atoms with Crippen LogP contribution >= 0.6 is 0 Å². The molecule has 0 heterocycles. The van der Waals surface area contributed by atoms with Gasteiger partial charge in [0.2, 0.25) is 5.91 Å². The number of hydrogen-bond donors (Lipinski definition) is 3. The van der Waals surface area contributed by atoms with E-state index in [1.165, 1.54) is 6.92 Å². The first kappa shape index (κ1) is 19.0. The minimum atomic E-state index is -0.462. The van der Waals surface area contributed by atoms with Crippen molar-refractivity contribution < 1.29 is 19.1 Å². The summed E-state index contributed by atoms with van der Waals surface area (Å²) in [6, 6.07) is 12.9. The summed E-state index contributed by atoms with van der Waals surface area (Å²) in [4.78, 5) is 35.1. The summed E-state index contributed by atoms with van der Waals surface area (Å²) in [5, 5.41) is 2.61. The molecule has 0 aromatic heterocycles. The van der Waals surface area contributed by atoms with Crippen LogP contribution in [0.15, 0.2) is 48.5 Å². The second-order valence-electron chi connectivity index (χ2n) is 5.54. The van der Waals surface area contributed by atoms with Gasteiger partial charge >= 0.3 is 0 Å². The highest BCUT2D eigenvalue weighted by Crippen LogP contribution is 2.12. The molecule has 0 aliphatic rings. The molecule has 0 unspecified atom stereocenters. The molecule has 0 atom stereocenters. The highest BCUT2D eigenvalue weighted by molar-refractivity contribution is 5.99. The Morgan fingerprint density at radius 3 is 1.81 bits per heavy atom. The number of amides is 3. The number of hydrazine groups is 1. The molecule has 0 saturated carbocycles. The number of carbonyl (C=O) groups is 3. The first-order valence-electron chi connectivity index (χ1n) is 8.21. The van der Waals surface area contributed by atoms with Gasteiger partial charge < -0.3 is 10.1 Å². The monoisotopic (exact) mass is 355 g/mol. The molecule has 0 aliphatic heterocycles. The van der Waals surface area contributed by atoms with Crippen molar-refractivity contribution in [1.82, 2.24) is 10.9 Å². The predicted molar refractivity (Wildman–Crippen MR) is 97.9 cm³/mol. The van der Waals surface area contributed by atoms with Crippen molar-refractivity contribution in [3.05, 3.63) is 59.7 Å². The molecule has 3 amide bonds. The summed E-state index contributed by atoms with van der Waals surface area (Å²) in [5.41, 5.74) is 6.04. The zero-order chi connectivity index (χ0) is 18.9. The lowest BCUT2D eigenvalue weighted by atomic mass is 10.2. The number of nitrogens with one attached hydrogen (secondary N) is 3. The minimum Gasteiger partial charge on any atom is -0.494 e. The van der Waals surface area contributed by atoms with Gasteiger partial charge in [-0.25, -0.2) is 0 Å². The molecular formula is C19H21N3O4. The maximum atomic E-state index is 12.1. The van der Waals surface area contributed by atoms with Gasteiger partial charge in [0, 0.05) is 23.7 Å². The number of anilines is 1. The summed E-state index contributed by atoms with van der Waals surface area (Å²) < 4.78 is 5.45. The summed E-state index contributed by atoms with van der Waals surface area (Å²) >= 11 is 0. The molecule has 3 N–H and O–H groups in total. The van der Waals surface area contributed by atoms with Gasteiger partial charge in [0.1, 0.15) is 5.75 Å². The normalized spacial score (nSPS) is 9.92. The smallest absolute Gasteiger partial charge is 0.269 e. The van der Waals surface area contributed by atoms with E-state index >= 15 is 0 Å². The van der Waals surface area contributed by atoms with Crippen LogP contribution in [0.2, 0.25) is 0 Å². The third kappa shape index (κ3) is 5.62. The molecule has 7 nitrogen and oxygen atoms in total. The van der Waals surface area contributed by atoms with Gasteiger partial charge in [-0.3, -0.25) is 25.2 Å². The molecular weight excluding hydrogens is 334 g/mol. The van der Waals surface area contributed by atoms with Gasteiger partial charge in [0.15, 0.2) is 0 Å². The van der Waals surface area contributed by atoms with Crippen molar-refractivity contribution >= 4 is 23.4 Å². The third-order valence-electron chi connectivity index (χ3n) is 3.35. The van der Waals surface area contributed by atoms with E-state index in [-0.39, 0.29) is 5.91 Å². The number of hydrogen-bond acceptors (Lipinski definition) is 4.